The van der Waals surface area contributed by atoms with E-state index < -0.39 is 5.82 Å². The minimum atomic E-state index is -0.518. The lowest BCUT2D eigenvalue weighted by Crippen LogP contribution is -2.08. The summed E-state index contributed by atoms with van der Waals surface area (Å²) in [4.78, 5) is 7.70. The Hall–Kier alpha value is -2.24. The van der Waals surface area contributed by atoms with Crippen molar-refractivity contribution in [3.05, 3.63) is 47.7 Å². The molecule has 2 aromatic rings. The molecule has 4 nitrogen and oxygen atoms in total. The van der Waals surface area contributed by atoms with Crippen molar-refractivity contribution in [2.75, 3.05) is 5.32 Å². The van der Waals surface area contributed by atoms with Crippen molar-refractivity contribution in [3.8, 4) is 6.01 Å². The third kappa shape index (κ3) is 3.01. The second-order valence-electron chi connectivity index (χ2n) is 4.65. The summed E-state index contributed by atoms with van der Waals surface area (Å²) in [6.07, 6.45) is 3.07. The molecule has 1 fully saturated rings. The number of aromatic nitrogens is 2. The summed E-state index contributed by atoms with van der Waals surface area (Å²) in [5.74, 6) is -0.743. The maximum absolute atomic E-state index is 13.5. The number of hydrogen-bond donors (Lipinski definition) is 1. The number of hydrogen-bond acceptors (Lipinski definition) is 4. The van der Waals surface area contributed by atoms with Gasteiger partial charge in [0.25, 0.3) is 0 Å². The van der Waals surface area contributed by atoms with E-state index in [-0.39, 0.29) is 30.3 Å². The first-order valence-corrected chi connectivity index (χ1v) is 6.37. The van der Waals surface area contributed by atoms with Gasteiger partial charge in [-0.1, -0.05) is 18.2 Å². The smallest absolute Gasteiger partial charge is 0.318 e. The summed E-state index contributed by atoms with van der Waals surface area (Å²) in [5, 5.41) is 2.95. The summed E-state index contributed by atoms with van der Waals surface area (Å²) >= 11 is 0. The van der Waals surface area contributed by atoms with Gasteiger partial charge in [0.15, 0.2) is 11.6 Å². The van der Waals surface area contributed by atoms with E-state index in [1.54, 1.807) is 18.2 Å². The van der Waals surface area contributed by atoms with E-state index in [1.165, 1.54) is 6.07 Å². The second-order valence-corrected chi connectivity index (χ2v) is 4.65. The van der Waals surface area contributed by atoms with Gasteiger partial charge in [-0.25, -0.2) is 13.8 Å². The van der Waals surface area contributed by atoms with Crippen molar-refractivity contribution < 1.29 is 13.5 Å². The van der Waals surface area contributed by atoms with Gasteiger partial charge in [0.2, 0.25) is 0 Å². The van der Waals surface area contributed by atoms with Crippen LogP contribution in [-0.4, -0.2) is 16.0 Å². The lowest BCUT2D eigenvalue weighted by Gasteiger charge is -2.08. The first-order valence-electron chi connectivity index (χ1n) is 6.37. The van der Waals surface area contributed by atoms with Gasteiger partial charge in [-0.3, -0.25) is 0 Å². The number of nitrogens with one attached hydrogen (secondary N) is 1. The minimum Gasteiger partial charge on any atom is -0.458 e. The lowest BCUT2D eigenvalue weighted by molar-refractivity contribution is 0.274. The standard InChI is InChI=1S/C14H13F2N3O/c15-11-4-2-1-3-9(11)8-20-14-17-7-12(16)13(19-14)18-10-5-6-10/h1-4,7,10H,5-6,8H2,(H,17,18,19). The number of rotatable bonds is 5. The van der Waals surface area contributed by atoms with E-state index in [2.05, 4.69) is 15.3 Å². The zero-order valence-corrected chi connectivity index (χ0v) is 10.6. The Balaban J connectivity index is 1.69. The summed E-state index contributed by atoms with van der Waals surface area (Å²) in [6, 6.07) is 6.58. The Kier molecular flexibility index (Phi) is 3.45. The molecule has 3 rings (SSSR count). The third-order valence-electron chi connectivity index (χ3n) is 2.95. The van der Waals surface area contributed by atoms with Crippen LogP contribution in [0.25, 0.3) is 0 Å². The summed E-state index contributed by atoms with van der Waals surface area (Å²) in [6.45, 7) is 0.00116. The summed E-state index contributed by atoms with van der Waals surface area (Å²) < 4.78 is 32.2. The van der Waals surface area contributed by atoms with Crippen LogP contribution in [0.3, 0.4) is 0 Å². The largest absolute Gasteiger partial charge is 0.458 e. The van der Waals surface area contributed by atoms with Crippen LogP contribution in [0.4, 0.5) is 14.6 Å². The molecule has 20 heavy (non-hydrogen) atoms. The normalized spacial score (nSPS) is 14.1. The highest BCUT2D eigenvalue weighted by Crippen LogP contribution is 2.25. The number of nitrogens with zero attached hydrogens (tertiary/aromatic N) is 2. The first kappa shape index (κ1) is 12.8. The van der Waals surface area contributed by atoms with E-state index in [1.807, 2.05) is 0 Å². The van der Waals surface area contributed by atoms with Gasteiger partial charge in [-0.2, -0.15) is 4.98 Å². The predicted octanol–water partition coefficient (Wildman–Crippen LogP) is 2.91. The van der Waals surface area contributed by atoms with Crippen molar-refractivity contribution in [3.63, 3.8) is 0 Å². The van der Waals surface area contributed by atoms with Crippen LogP contribution in [0.1, 0.15) is 18.4 Å². The van der Waals surface area contributed by atoms with E-state index in [4.69, 9.17) is 4.74 Å². The maximum Gasteiger partial charge on any atom is 0.318 e. The average Bonchev–Trinajstić information content (AvgIpc) is 3.25. The van der Waals surface area contributed by atoms with Crippen molar-refractivity contribution in [2.45, 2.75) is 25.5 Å². The lowest BCUT2D eigenvalue weighted by atomic mass is 10.2. The number of anilines is 1. The fraction of sp³-hybridized carbons (Fsp3) is 0.286. The number of halogens is 2. The summed E-state index contributed by atoms with van der Waals surface area (Å²) in [7, 11) is 0. The van der Waals surface area contributed by atoms with Crippen LogP contribution >= 0.6 is 0 Å². The van der Waals surface area contributed by atoms with Gasteiger partial charge < -0.3 is 10.1 Å². The van der Waals surface area contributed by atoms with Crippen LogP contribution in [0, 0.1) is 11.6 Å². The zero-order valence-electron chi connectivity index (χ0n) is 10.6. The molecule has 1 N–H and O–H groups in total. The number of ether oxygens (including phenoxy) is 1. The van der Waals surface area contributed by atoms with E-state index >= 15 is 0 Å². The molecule has 0 saturated heterocycles. The molecule has 1 aromatic carbocycles. The molecule has 1 aliphatic carbocycles. The van der Waals surface area contributed by atoms with Crippen molar-refractivity contribution in [1.29, 1.82) is 0 Å². The van der Waals surface area contributed by atoms with Crippen LogP contribution < -0.4 is 10.1 Å². The van der Waals surface area contributed by atoms with Gasteiger partial charge >= 0.3 is 6.01 Å². The van der Waals surface area contributed by atoms with Crippen LogP contribution in [-0.2, 0) is 6.61 Å². The quantitative estimate of drug-likeness (QED) is 0.912. The molecule has 1 saturated carbocycles. The van der Waals surface area contributed by atoms with Gasteiger partial charge in [-0.15, -0.1) is 0 Å². The molecular weight excluding hydrogens is 264 g/mol. The molecule has 1 heterocycles. The van der Waals surface area contributed by atoms with E-state index in [0.717, 1.165) is 19.0 Å². The Morgan fingerprint density at radius 1 is 1.20 bits per heavy atom. The molecule has 0 bridgehead atoms. The molecule has 0 amide bonds. The van der Waals surface area contributed by atoms with Crippen molar-refractivity contribution in [2.24, 2.45) is 0 Å². The van der Waals surface area contributed by atoms with E-state index in [0.29, 0.717) is 5.56 Å². The van der Waals surface area contributed by atoms with Gasteiger partial charge in [0.05, 0.1) is 6.20 Å². The topological polar surface area (TPSA) is 47.0 Å². The Labute approximate surface area is 114 Å². The highest BCUT2D eigenvalue weighted by atomic mass is 19.1. The van der Waals surface area contributed by atoms with Crippen molar-refractivity contribution >= 4 is 5.82 Å². The van der Waals surface area contributed by atoms with Gasteiger partial charge in [0, 0.05) is 11.6 Å². The Morgan fingerprint density at radius 3 is 2.75 bits per heavy atom. The SMILES string of the molecule is Fc1ccccc1COc1ncc(F)c(NC2CC2)n1. The predicted molar refractivity (Wildman–Crippen MR) is 69.4 cm³/mol. The molecular formula is C14H13F2N3O. The molecule has 0 atom stereocenters. The Morgan fingerprint density at radius 2 is 2.00 bits per heavy atom. The fourth-order valence-electron chi connectivity index (χ4n) is 1.70. The molecule has 0 radical (unpaired) electrons. The van der Waals surface area contributed by atoms with Crippen molar-refractivity contribution in [1.82, 2.24) is 9.97 Å². The van der Waals surface area contributed by atoms with Crippen LogP contribution in [0.15, 0.2) is 30.5 Å². The second kappa shape index (κ2) is 5.40. The van der Waals surface area contributed by atoms with Gasteiger partial charge in [0.1, 0.15) is 12.4 Å². The van der Waals surface area contributed by atoms with E-state index in [9.17, 15) is 8.78 Å². The monoisotopic (exact) mass is 277 g/mol. The average molecular weight is 277 g/mol. The maximum atomic E-state index is 13.5. The highest BCUT2D eigenvalue weighted by molar-refractivity contribution is 5.38. The third-order valence-corrected chi connectivity index (χ3v) is 2.95. The Bertz CT molecular complexity index is 617. The fourth-order valence-corrected chi connectivity index (χ4v) is 1.70. The molecule has 6 heteroatoms. The molecule has 0 spiro atoms. The van der Waals surface area contributed by atoms with Crippen LogP contribution in [0.5, 0.6) is 6.01 Å². The van der Waals surface area contributed by atoms with Crippen LogP contribution in [0.2, 0.25) is 0 Å². The minimum absolute atomic E-state index is 0.00116. The zero-order chi connectivity index (χ0) is 13.9. The first-order chi connectivity index (χ1) is 9.72. The van der Waals surface area contributed by atoms with Gasteiger partial charge in [-0.05, 0) is 18.9 Å². The number of benzene rings is 1. The molecule has 104 valence electrons. The molecule has 1 aliphatic rings. The summed E-state index contributed by atoms with van der Waals surface area (Å²) in [5.41, 5.74) is 0.400. The molecule has 0 unspecified atom stereocenters. The highest BCUT2D eigenvalue weighted by Gasteiger charge is 2.23. The molecule has 0 aliphatic heterocycles. The molecule has 1 aromatic heterocycles.